The molecule has 0 aliphatic carbocycles. The number of hydrogen-bond donors (Lipinski definition) is 0. The van der Waals surface area contributed by atoms with Gasteiger partial charge in [-0.2, -0.15) is 0 Å². The van der Waals surface area contributed by atoms with Crippen molar-refractivity contribution in [1.82, 2.24) is 0 Å². The van der Waals surface area contributed by atoms with E-state index in [0.717, 1.165) is 31.7 Å². The summed E-state index contributed by atoms with van der Waals surface area (Å²) in [4.78, 5) is 4.49. The molecule has 1 aromatic rings. The minimum absolute atomic E-state index is 0.0777. The van der Waals surface area contributed by atoms with Gasteiger partial charge in [0.05, 0.1) is 7.11 Å². The van der Waals surface area contributed by atoms with Crippen molar-refractivity contribution < 1.29 is 4.74 Å². The summed E-state index contributed by atoms with van der Waals surface area (Å²) in [6.07, 6.45) is 3.34. The molecule has 0 N–H and O–H groups in total. The van der Waals surface area contributed by atoms with Crippen molar-refractivity contribution in [3.63, 3.8) is 0 Å². The molecule has 1 unspecified atom stereocenters. The van der Waals surface area contributed by atoms with Crippen LogP contribution in [0.15, 0.2) is 35.3 Å². The average molecular weight is 217 g/mol. The van der Waals surface area contributed by atoms with Crippen LogP contribution in [-0.4, -0.2) is 19.6 Å². The van der Waals surface area contributed by atoms with E-state index in [1.165, 1.54) is 5.56 Å². The SMILES string of the molecule is COC1=NCCCC1(C)Cc1ccccc1. The van der Waals surface area contributed by atoms with Crippen LogP contribution in [0.5, 0.6) is 0 Å². The number of methoxy groups -OCH3 is 1. The first kappa shape index (κ1) is 11.2. The third-order valence-electron chi connectivity index (χ3n) is 3.29. The molecule has 86 valence electrons. The highest BCUT2D eigenvalue weighted by Gasteiger charge is 2.33. The number of benzene rings is 1. The minimum atomic E-state index is 0.0777. The molecule has 1 heterocycles. The van der Waals surface area contributed by atoms with Crippen LogP contribution >= 0.6 is 0 Å². The van der Waals surface area contributed by atoms with Crippen LogP contribution in [0.3, 0.4) is 0 Å². The van der Waals surface area contributed by atoms with Gasteiger partial charge in [0, 0.05) is 12.0 Å². The number of ether oxygens (including phenoxy) is 1. The molecular weight excluding hydrogens is 198 g/mol. The highest BCUT2D eigenvalue weighted by Crippen LogP contribution is 2.33. The third kappa shape index (κ3) is 2.26. The maximum atomic E-state index is 5.43. The van der Waals surface area contributed by atoms with Crippen LogP contribution in [0.4, 0.5) is 0 Å². The van der Waals surface area contributed by atoms with Gasteiger partial charge in [0.25, 0.3) is 0 Å². The normalized spacial score (nSPS) is 25.0. The molecule has 0 radical (unpaired) electrons. The summed E-state index contributed by atoms with van der Waals surface area (Å²) in [6.45, 7) is 3.16. The van der Waals surface area contributed by atoms with E-state index in [4.69, 9.17) is 4.74 Å². The van der Waals surface area contributed by atoms with Crippen LogP contribution in [0.25, 0.3) is 0 Å². The molecular formula is C14H19NO. The standard InChI is InChI=1S/C14H19NO/c1-14(9-6-10-15-13(14)16-2)11-12-7-4-3-5-8-12/h3-5,7-8H,6,9-11H2,1-2H3. The minimum Gasteiger partial charge on any atom is -0.484 e. The molecule has 2 heteroatoms. The van der Waals surface area contributed by atoms with Crippen LogP contribution in [0, 0.1) is 5.41 Å². The van der Waals surface area contributed by atoms with Gasteiger partial charge in [-0.1, -0.05) is 37.3 Å². The molecule has 2 nitrogen and oxygen atoms in total. The van der Waals surface area contributed by atoms with Gasteiger partial charge >= 0.3 is 0 Å². The van der Waals surface area contributed by atoms with E-state index in [0.29, 0.717) is 0 Å². The van der Waals surface area contributed by atoms with Gasteiger partial charge in [-0.05, 0) is 24.8 Å². The largest absolute Gasteiger partial charge is 0.484 e. The maximum Gasteiger partial charge on any atom is 0.189 e. The zero-order valence-electron chi connectivity index (χ0n) is 10.1. The summed E-state index contributed by atoms with van der Waals surface area (Å²) in [6, 6.07) is 10.6. The number of nitrogens with zero attached hydrogens (tertiary/aromatic N) is 1. The molecule has 0 bridgehead atoms. The number of rotatable bonds is 2. The molecule has 16 heavy (non-hydrogen) atoms. The van der Waals surface area contributed by atoms with Gasteiger partial charge < -0.3 is 4.74 Å². The van der Waals surface area contributed by atoms with Crippen molar-refractivity contribution in [3.8, 4) is 0 Å². The first-order chi connectivity index (χ1) is 7.74. The number of hydrogen-bond acceptors (Lipinski definition) is 2. The predicted octanol–water partition coefficient (Wildman–Crippen LogP) is 3.07. The van der Waals surface area contributed by atoms with Crippen LogP contribution < -0.4 is 0 Å². The molecule has 1 atom stereocenters. The summed E-state index contributed by atoms with van der Waals surface area (Å²) >= 11 is 0. The lowest BCUT2D eigenvalue weighted by molar-refractivity contribution is 0.275. The zero-order chi connectivity index (χ0) is 11.4. The Morgan fingerprint density at radius 3 is 2.75 bits per heavy atom. The third-order valence-corrected chi connectivity index (χ3v) is 3.29. The molecule has 0 saturated carbocycles. The second-order valence-electron chi connectivity index (χ2n) is 4.72. The lowest BCUT2D eigenvalue weighted by Gasteiger charge is -2.32. The quantitative estimate of drug-likeness (QED) is 0.746. The Labute approximate surface area is 97.4 Å². The summed E-state index contributed by atoms with van der Waals surface area (Å²) < 4.78 is 5.43. The first-order valence-corrected chi connectivity index (χ1v) is 5.87. The predicted molar refractivity (Wildman–Crippen MR) is 66.8 cm³/mol. The van der Waals surface area contributed by atoms with Gasteiger partial charge in [-0.25, -0.2) is 0 Å². The monoisotopic (exact) mass is 217 g/mol. The van der Waals surface area contributed by atoms with E-state index in [1.54, 1.807) is 7.11 Å². The van der Waals surface area contributed by atoms with Gasteiger partial charge in [0.1, 0.15) is 0 Å². The number of aliphatic imine (C=N–C) groups is 1. The van der Waals surface area contributed by atoms with E-state index in [1.807, 2.05) is 0 Å². The lowest BCUT2D eigenvalue weighted by atomic mass is 9.78. The molecule has 1 aliphatic heterocycles. The Kier molecular flexibility index (Phi) is 3.28. The second kappa shape index (κ2) is 4.69. The van der Waals surface area contributed by atoms with Crippen molar-refractivity contribution >= 4 is 5.90 Å². The molecule has 0 aromatic heterocycles. The fraction of sp³-hybridized carbons (Fsp3) is 0.500. The highest BCUT2D eigenvalue weighted by atomic mass is 16.5. The molecule has 0 spiro atoms. The fourth-order valence-electron chi connectivity index (χ4n) is 2.47. The first-order valence-electron chi connectivity index (χ1n) is 5.87. The van der Waals surface area contributed by atoms with E-state index in [-0.39, 0.29) is 5.41 Å². The summed E-state index contributed by atoms with van der Waals surface area (Å²) in [5.41, 5.74) is 1.44. The highest BCUT2D eigenvalue weighted by molar-refractivity contribution is 5.83. The fourth-order valence-corrected chi connectivity index (χ4v) is 2.47. The second-order valence-corrected chi connectivity index (χ2v) is 4.72. The summed E-state index contributed by atoms with van der Waals surface area (Å²) in [5.74, 6) is 0.919. The van der Waals surface area contributed by atoms with E-state index < -0.39 is 0 Å². The Morgan fingerprint density at radius 2 is 2.06 bits per heavy atom. The molecule has 0 fully saturated rings. The molecule has 1 aliphatic rings. The van der Waals surface area contributed by atoms with Crippen molar-refractivity contribution in [2.45, 2.75) is 26.2 Å². The van der Waals surface area contributed by atoms with Crippen molar-refractivity contribution in [2.24, 2.45) is 10.4 Å². The van der Waals surface area contributed by atoms with Crippen LogP contribution in [0.2, 0.25) is 0 Å². The zero-order valence-corrected chi connectivity index (χ0v) is 10.1. The Hall–Kier alpha value is -1.31. The van der Waals surface area contributed by atoms with Gasteiger partial charge in [0.2, 0.25) is 0 Å². The van der Waals surface area contributed by atoms with E-state index in [2.05, 4.69) is 42.2 Å². The maximum absolute atomic E-state index is 5.43. The van der Waals surface area contributed by atoms with Crippen LogP contribution in [0.1, 0.15) is 25.3 Å². The Balaban J connectivity index is 2.19. The average Bonchev–Trinajstić information content (AvgIpc) is 2.30. The smallest absolute Gasteiger partial charge is 0.189 e. The summed E-state index contributed by atoms with van der Waals surface area (Å²) in [7, 11) is 1.73. The Bertz CT molecular complexity index is 372. The topological polar surface area (TPSA) is 21.6 Å². The summed E-state index contributed by atoms with van der Waals surface area (Å²) in [5, 5.41) is 0. The van der Waals surface area contributed by atoms with Gasteiger partial charge in [0.15, 0.2) is 5.90 Å². The molecule has 0 amide bonds. The van der Waals surface area contributed by atoms with Crippen LogP contribution in [-0.2, 0) is 11.2 Å². The van der Waals surface area contributed by atoms with E-state index in [9.17, 15) is 0 Å². The van der Waals surface area contributed by atoms with Crippen molar-refractivity contribution in [1.29, 1.82) is 0 Å². The molecule has 2 rings (SSSR count). The molecule has 0 saturated heterocycles. The lowest BCUT2D eigenvalue weighted by Crippen LogP contribution is -2.34. The van der Waals surface area contributed by atoms with E-state index >= 15 is 0 Å². The Morgan fingerprint density at radius 1 is 1.31 bits per heavy atom. The van der Waals surface area contributed by atoms with Crippen molar-refractivity contribution in [3.05, 3.63) is 35.9 Å². The molecule has 1 aromatic carbocycles. The van der Waals surface area contributed by atoms with Crippen molar-refractivity contribution in [2.75, 3.05) is 13.7 Å². The van der Waals surface area contributed by atoms with Gasteiger partial charge in [-0.3, -0.25) is 4.99 Å². The van der Waals surface area contributed by atoms with Gasteiger partial charge in [-0.15, -0.1) is 0 Å².